The summed E-state index contributed by atoms with van der Waals surface area (Å²) >= 11 is 0. The van der Waals surface area contributed by atoms with Gasteiger partial charge < -0.3 is 9.84 Å². The standard InChI is InChI=1S/C14H24N4O4S/c1-4-15-13(19)10-17-6-5-7-18(9-8-17)23(20,21)14-11(2)16-22-12(14)3/h4-10H2,1-3H3,(H,15,19). The fourth-order valence-corrected chi connectivity index (χ4v) is 4.53. The van der Waals surface area contributed by atoms with Crippen molar-refractivity contribution in [2.45, 2.75) is 32.1 Å². The van der Waals surface area contributed by atoms with Gasteiger partial charge in [-0.05, 0) is 33.7 Å². The summed E-state index contributed by atoms with van der Waals surface area (Å²) in [5, 5.41) is 6.49. The lowest BCUT2D eigenvalue weighted by Crippen LogP contribution is -2.40. The van der Waals surface area contributed by atoms with Crippen molar-refractivity contribution in [1.29, 1.82) is 0 Å². The Hall–Kier alpha value is -1.45. The molecule has 130 valence electrons. The first-order valence-corrected chi connectivity index (χ1v) is 9.22. The van der Waals surface area contributed by atoms with Crippen LogP contribution < -0.4 is 5.32 Å². The average molecular weight is 344 g/mol. The van der Waals surface area contributed by atoms with E-state index < -0.39 is 10.0 Å². The van der Waals surface area contributed by atoms with E-state index in [1.807, 2.05) is 11.8 Å². The molecule has 0 radical (unpaired) electrons. The topological polar surface area (TPSA) is 95.8 Å². The highest BCUT2D eigenvalue weighted by Crippen LogP contribution is 2.24. The van der Waals surface area contributed by atoms with Crippen LogP contribution in [0.5, 0.6) is 0 Å². The lowest BCUT2D eigenvalue weighted by molar-refractivity contribution is -0.122. The first-order valence-electron chi connectivity index (χ1n) is 7.78. The zero-order chi connectivity index (χ0) is 17.0. The second-order valence-electron chi connectivity index (χ2n) is 5.64. The molecule has 0 bridgehead atoms. The summed E-state index contributed by atoms with van der Waals surface area (Å²) in [5.41, 5.74) is 0.380. The van der Waals surface area contributed by atoms with Crippen molar-refractivity contribution >= 4 is 15.9 Å². The SMILES string of the molecule is CCNC(=O)CN1CCCN(S(=O)(=O)c2c(C)noc2C)CC1. The molecule has 1 aliphatic rings. The van der Waals surface area contributed by atoms with Crippen LogP contribution in [0.3, 0.4) is 0 Å². The Morgan fingerprint density at radius 2 is 2.00 bits per heavy atom. The minimum atomic E-state index is -3.62. The molecule has 0 atom stereocenters. The van der Waals surface area contributed by atoms with Gasteiger partial charge in [0.25, 0.3) is 0 Å². The highest BCUT2D eigenvalue weighted by Gasteiger charge is 2.32. The molecule has 1 N–H and O–H groups in total. The molecule has 9 heteroatoms. The van der Waals surface area contributed by atoms with Crippen molar-refractivity contribution in [3.8, 4) is 0 Å². The number of carbonyl (C=O) groups excluding carboxylic acids is 1. The average Bonchev–Trinajstić information content (AvgIpc) is 2.69. The van der Waals surface area contributed by atoms with Gasteiger partial charge in [0.05, 0.1) is 6.54 Å². The molecule has 2 heterocycles. The van der Waals surface area contributed by atoms with Gasteiger partial charge >= 0.3 is 0 Å². The van der Waals surface area contributed by atoms with Gasteiger partial charge in [-0.15, -0.1) is 0 Å². The molecule has 1 aromatic rings. The second-order valence-corrected chi connectivity index (χ2v) is 7.52. The summed E-state index contributed by atoms with van der Waals surface area (Å²) in [7, 11) is -3.62. The van der Waals surface area contributed by atoms with E-state index in [1.54, 1.807) is 13.8 Å². The van der Waals surface area contributed by atoms with Crippen LogP contribution in [-0.2, 0) is 14.8 Å². The predicted octanol–water partition coefficient (Wildman–Crippen LogP) is 0.124. The fourth-order valence-electron chi connectivity index (χ4n) is 2.77. The Bertz CT molecular complexity index is 636. The van der Waals surface area contributed by atoms with Crippen LogP contribution >= 0.6 is 0 Å². The van der Waals surface area contributed by atoms with Crippen LogP contribution in [0.4, 0.5) is 0 Å². The summed E-state index contributed by atoms with van der Waals surface area (Å²) < 4.78 is 32.0. The molecular weight excluding hydrogens is 320 g/mol. The van der Waals surface area contributed by atoms with E-state index in [-0.39, 0.29) is 10.8 Å². The van der Waals surface area contributed by atoms with E-state index in [1.165, 1.54) is 4.31 Å². The Labute approximate surface area is 136 Å². The lowest BCUT2D eigenvalue weighted by Gasteiger charge is -2.21. The molecule has 2 rings (SSSR count). The highest BCUT2D eigenvalue weighted by molar-refractivity contribution is 7.89. The number of hydrogen-bond acceptors (Lipinski definition) is 6. The van der Waals surface area contributed by atoms with Gasteiger partial charge in [0.15, 0.2) is 5.76 Å². The molecule has 8 nitrogen and oxygen atoms in total. The molecule has 23 heavy (non-hydrogen) atoms. The molecule has 1 fully saturated rings. The number of aryl methyl sites for hydroxylation is 2. The molecule has 1 aliphatic heterocycles. The largest absolute Gasteiger partial charge is 0.360 e. The fraction of sp³-hybridized carbons (Fsp3) is 0.714. The van der Waals surface area contributed by atoms with Crippen molar-refractivity contribution in [2.24, 2.45) is 0 Å². The highest BCUT2D eigenvalue weighted by atomic mass is 32.2. The maximum atomic E-state index is 12.8. The summed E-state index contributed by atoms with van der Waals surface area (Å²) in [5.74, 6) is 0.278. The predicted molar refractivity (Wildman–Crippen MR) is 84.5 cm³/mol. The Kier molecular flexibility index (Phi) is 5.77. The first kappa shape index (κ1) is 17.9. The van der Waals surface area contributed by atoms with Crippen LogP contribution in [0, 0.1) is 13.8 Å². The number of nitrogens with zero attached hydrogens (tertiary/aromatic N) is 3. The number of sulfonamides is 1. The van der Waals surface area contributed by atoms with Gasteiger partial charge in [-0.25, -0.2) is 8.42 Å². The normalized spacial score (nSPS) is 17.9. The number of aromatic nitrogens is 1. The maximum absolute atomic E-state index is 12.8. The van der Waals surface area contributed by atoms with Crippen molar-refractivity contribution < 1.29 is 17.7 Å². The van der Waals surface area contributed by atoms with Gasteiger partial charge in [0.1, 0.15) is 10.6 Å². The minimum absolute atomic E-state index is 0.0328. The van der Waals surface area contributed by atoms with Crippen LogP contribution in [0.2, 0.25) is 0 Å². The third-order valence-electron chi connectivity index (χ3n) is 3.85. The second kappa shape index (κ2) is 7.41. The Balaban J connectivity index is 2.07. The maximum Gasteiger partial charge on any atom is 0.248 e. The van der Waals surface area contributed by atoms with Crippen LogP contribution in [0.25, 0.3) is 0 Å². The van der Waals surface area contributed by atoms with Crippen molar-refractivity contribution in [3.63, 3.8) is 0 Å². The number of amides is 1. The molecular formula is C14H24N4O4S. The molecule has 0 spiro atoms. The van der Waals surface area contributed by atoms with Crippen LogP contribution in [-0.4, -0.2) is 68.0 Å². The van der Waals surface area contributed by atoms with E-state index in [9.17, 15) is 13.2 Å². The molecule has 0 aliphatic carbocycles. The number of hydrogen-bond donors (Lipinski definition) is 1. The first-order chi connectivity index (χ1) is 10.9. The molecule has 0 saturated carbocycles. The molecule has 0 aromatic carbocycles. The summed E-state index contributed by atoms with van der Waals surface area (Å²) in [6, 6.07) is 0. The van der Waals surface area contributed by atoms with Crippen molar-refractivity contribution in [3.05, 3.63) is 11.5 Å². The number of nitrogens with one attached hydrogen (secondary N) is 1. The van der Waals surface area contributed by atoms with Crippen molar-refractivity contribution in [1.82, 2.24) is 19.7 Å². The minimum Gasteiger partial charge on any atom is -0.360 e. The third-order valence-corrected chi connectivity index (χ3v) is 6.00. The monoisotopic (exact) mass is 344 g/mol. The Morgan fingerprint density at radius 3 is 2.61 bits per heavy atom. The summed E-state index contributed by atoms with van der Waals surface area (Å²) in [6.07, 6.45) is 0.683. The molecule has 0 unspecified atom stereocenters. The molecule has 1 aromatic heterocycles. The summed E-state index contributed by atoms with van der Waals surface area (Å²) in [6.45, 7) is 8.01. The zero-order valence-electron chi connectivity index (χ0n) is 13.8. The van der Waals surface area contributed by atoms with Gasteiger partial charge in [-0.1, -0.05) is 5.16 Å². The van der Waals surface area contributed by atoms with E-state index in [0.717, 1.165) is 0 Å². The lowest BCUT2D eigenvalue weighted by atomic mass is 10.4. The van der Waals surface area contributed by atoms with Gasteiger partial charge in [-0.2, -0.15) is 4.31 Å². The quantitative estimate of drug-likeness (QED) is 0.815. The van der Waals surface area contributed by atoms with Crippen LogP contribution in [0.15, 0.2) is 9.42 Å². The van der Waals surface area contributed by atoms with E-state index in [0.29, 0.717) is 57.1 Å². The molecule has 1 saturated heterocycles. The number of likely N-dealkylation sites (N-methyl/N-ethyl adjacent to an activating group) is 1. The smallest absolute Gasteiger partial charge is 0.248 e. The van der Waals surface area contributed by atoms with E-state index >= 15 is 0 Å². The molecule has 1 amide bonds. The van der Waals surface area contributed by atoms with Gasteiger partial charge in [0.2, 0.25) is 15.9 Å². The van der Waals surface area contributed by atoms with Crippen LogP contribution in [0.1, 0.15) is 24.8 Å². The number of carbonyl (C=O) groups is 1. The van der Waals surface area contributed by atoms with Gasteiger partial charge in [-0.3, -0.25) is 9.69 Å². The zero-order valence-corrected chi connectivity index (χ0v) is 14.6. The van der Waals surface area contributed by atoms with E-state index in [4.69, 9.17) is 4.52 Å². The summed E-state index contributed by atoms with van der Waals surface area (Å²) in [4.78, 5) is 13.8. The van der Waals surface area contributed by atoms with Gasteiger partial charge in [0, 0.05) is 26.2 Å². The van der Waals surface area contributed by atoms with E-state index in [2.05, 4.69) is 10.5 Å². The van der Waals surface area contributed by atoms with Crippen molar-refractivity contribution in [2.75, 3.05) is 39.3 Å². The third kappa shape index (κ3) is 4.10. The Morgan fingerprint density at radius 1 is 1.26 bits per heavy atom. The number of rotatable bonds is 5.